The summed E-state index contributed by atoms with van der Waals surface area (Å²) in [5.41, 5.74) is 3.76. The third kappa shape index (κ3) is 6.18. The van der Waals surface area contributed by atoms with E-state index in [9.17, 15) is 9.59 Å². The van der Waals surface area contributed by atoms with Crippen molar-refractivity contribution in [3.63, 3.8) is 0 Å². The Hall–Kier alpha value is -3.64. The van der Waals surface area contributed by atoms with Crippen molar-refractivity contribution >= 4 is 28.9 Å². The minimum Gasteiger partial charge on any atom is -0.356 e. The molecule has 0 spiro atoms. The van der Waals surface area contributed by atoms with Crippen LogP contribution in [0, 0.1) is 0 Å². The van der Waals surface area contributed by atoms with E-state index in [1.807, 2.05) is 60.7 Å². The van der Waals surface area contributed by atoms with Gasteiger partial charge >= 0.3 is 11.8 Å². The first-order valence-corrected chi connectivity index (χ1v) is 11.0. The predicted octanol–water partition coefficient (Wildman–Crippen LogP) is 4.15. The Balaban J connectivity index is 1.21. The van der Waals surface area contributed by atoms with Gasteiger partial charge in [0.2, 0.25) is 0 Å². The van der Waals surface area contributed by atoms with Gasteiger partial charge in [-0.05, 0) is 54.8 Å². The third-order valence-corrected chi connectivity index (χ3v) is 5.58. The molecule has 0 saturated carbocycles. The van der Waals surface area contributed by atoms with Crippen LogP contribution in [0.25, 0.3) is 0 Å². The lowest BCUT2D eigenvalue weighted by Gasteiger charge is -2.32. The smallest absolute Gasteiger partial charge is 0.313 e. The molecule has 6 heteroatoms. The van der Waals surface area contributed by atoms with Gasteiger partial charge in [0.05, 0.1) is 0 Å². The van der Waals surface area contributed by atoms with Crippen molar-refractivity contribution < 1.29 is 9.59 Å². The molecule has 1 heterocycles. The zero-order chi connectivity index (χ0) is 22.2. The van der Waals surface area contributed by atoms with Crippen LogP contribution in [0.4, 0.5) is 17.1 Å². The van der Waals surface area contributed by atoms with E-state index in [1.54, 1.807) is 12.1 Å². The maximum Gasteiger partial charge on any atom is 0.313 e. The van der Waals surface area contributed by atoms with E-state index in [0.29, 0.717) is 5.69 Å². The van der Waals surface area contributed by atoms with E-state index >= 15 is 0 Å². The zero-order valence-corrected chi connectivity index (χ0v) is 18.0. The van der Waals surface area contributed by atoms with Crippen LogP contribution in [0.2, 0.25) is 0 Å². The Bertz CT molecular complexity index is 1010. The number of rotatable bonds is 6. The van der Waals surface area contributed by atoms with E-state index in [0.717, 1.165) is 43.9 Å². The van der Waals surface area contributed by atoms with Crippen molar-refractivity contribution in [2.75, 3.05) is 23.7 Å². The minimum atomic E-state index is -0.638. The molecule has 0 unspecified atom stereocenters. The third-order valence-electron chi connectivity index (χ3n) is 5.58. The molecule has 3 aromatic rings. The van der Waals surface area contributed by atoms with Crippen LogP contribution in [-0.2, 0) is 16.1 Å². The van der Waals surface area contributed by atoms with E-state index in [1.165, 1.54) is 5.56 Å². The summed E-state index contributed by atoms with van der Waals surface area (Å²) in [5.74, 6) is -1.22. The van der Waals surface area contributed by atoms with Crippen molar-refractivity contribution in [3.8, 4) is 0 Å². The monoisotopic (exact) mass is 428 g/mol. The first-order valence-electron chi connectivity index (χ1n) is 11.0. The van der Waals surface area contributed by atoms with Gasteiger partial charge in [0, 0.05) is 42.7 Å². The lowest BCUT2D eigenvalue weighted by molar-refractivity contribution is -0.136. The molecule has 2 amide bonds. The molecular formula is C26H28N4O2. The Morgan fingerprint density at radius 2 is 1.28 bits per heavy atom. The van der Waals surface area contributed by atoms with Gasteiger partial charge in [-0.2, -0.15) is 0 Å². The number of amides is 2. The zero-order valence-electron chi connectivity index (χ0n) is 18.0. The number of nitrogens with one attached hydrogen (secondary N) is 3. The summed E-state index contributed by atoms with van der Waals surface area (Å²) in [6.07, 6.45) is 1.68. The average molecular weight is 429 g/mol. The average Bonchev–Trinajstić information content (AvgIpc) is 2.83. The van der Waals surface area contributed by atoms with Crippen LogP contribution < -0.4 is 16.0 Å². The normalized spacial score (nSPS) is 14.5. The predicted molar refractivity (Wildman–Crippen MR) is 128 cm³/mol. The van der Waals surface area contributed by atoms with Crippen LogP contribution in [0.3, 0.4) is 0 Å². The summed E-state index contributed by atoms with van der Waals surface area (Å²) >= 11 is 0. The molecule has 0 aromatic heterocycles. The second kappa shape index (κ2) is 10.6. The maximum atomic E-state index is 12.3. The molecule has 3 N–H and O–H groups in total. The molecule has 6 nitrogen and oxygen atoms in total. The number of nitrogens with zero attached hydrogens (tertiary/aromatic N) is 1. The lowest BCUT2D eigenvalue weighted by Crippen LogP contribution is -2.47. The fourth-order valence-corrected chi connectivity index (χ4v) is 3.84. The SMILES string of the molecule is O=C(Nc1ccc(Nc2ccccc2)cc1)C(=O)NC1CCN(Cc2ccccc2)CC1. The van der Waals surface area contributed by atoms with Gasteiger partial charge in [-0.15, -0.1) is 0 Å². The van der Waals surface area contributed by atoms with Crippen molar-refractivity contribution in [2.24, 2.45) is 0 Å². The molecule has 1 aliphatic rings. The molecular weight excluding hydrogens is 400 g/mol. The molecule has 0 bridgehead atoms. The highest BCUT2D eigenvalue weighted by molar-refractivity contribution is 6.39. The highest BCUT2D eigenvalue weighted by Crippen LogP contribution is 2.19. The van der Waals surface area contributed by atoms with Gasteiger partial charge in [-0.3, -0.25) is 14.5 Å². The van der Waals surface area contributed by atoms with Crippen LogP contribution in [-0.4, -0.2) is 35.8 Å². The van der Waals surface area contributed by atoms with E-state index in [4.69, 9.17) is 0 Å². The van der Waals surface area contributed by atoms with Gasteiger partial charge in [-0.1, -0.05) is 48.5 Å². The molecule has 1 aliphatic heterocycles. The minimum absolute atomic E-state index is 0.0257. The van der Waals surface area contributed by atoms with Gasteiger partial charge in [0.1, 0.15) is 0 Å². The fourth-order valence-electron chi connectivity index (χ4n) is 3.84. The highest BCUT2D eigenvalue weighted by atomic mass is 16.2. The quantitative estimate of drug-likeness (QED) is 0.516. The second-order valence-corrected chi connectivity index (χ2v) is 8.03. The summed E-state index contributed by atoms with van der Waals surface area (Å²) in [6, 6.07) is 27.5. The first kappa shape index (κ1) is 21.6. The number of carbonyl (C=O) groups excluding carboxylic acids is 2. The van der Waals surface area contributed by atoms with Gasteiger partial charge in [0.25, 0.3) is 0 Å². The fraction of sp³-hybridized carbons (Fsp3) is 0.231. The summed E-state index contributed by atoms with van der Waals surface area (Å²) in [7, 11) is 0. The highest BCUT2D eigenvalue weighted by Gasteiger charge is 2.23. The Kier molecular flexibility index (Phi) is 7.15. The topological polar surface area (TPSA) is 73.5 Å². The number of likely N-dealkylation sites (tertiary alicyclic amines) is 1. The lowest BCUT2D eigenvalue weighted by atomic mass is 10.0. The molecule has 0 atom stereocenters. The Morgan fingerprint density at radius 1 is 0.719 bits per heavy atom. The Labute approximate surface area is 188 Å². The molecule has 164 valence electrons. The summed E-state index contributed by atoms with van der Waals surface area (Å²) < 4.78 is 0. The Morgan fingerprint density at radius 3 is 1.94 bits per heavy atom. The molecule has 4 rings (SSSR count). The van der Waals surface area contributed by atoms with Crippen molar-refractivity contribution in [1.29, 1.82) is 0 Å². The van der Waals surface area contributed by atoms with E-state index < -0.39 is 11.8 Å². The van der Waals surface area contributed by atoms with E-state index in [2.05, 4.69) is 33.0 Å². The van der Waals surface area contributed by atoms with Gasteiger partial charge in [-0.25, -0.2) is 0 Å². The molecule has 1 fully saturated rings. The number of para-hydroxylation sites is 1. The summed E-state index contributed by atoms with van der Waals surface area (Å²) in [5, 5.41) is 8.84. The molecule has 3 aromatic carbocycles. The number of hydrogen-bond acceptors (Lipinski definition) is 4. The maximum absolute atomic E-state index is 12.3. The molecule has 32 heavy (non-hydrogen) atoms. The van der Waals surface area contributed by atoms with Crippen LogP contribution in [0.15, 0.2) is 84.9 Å². The molecule has 0 aliphatic carbocycles. The van der Waals surface area contributed by atoms with Crippen molar-refractivity contribution in [3.05, 3.63) is 90.5 Å². The van der Waals surface area contributed by atoms with Crippen molar-refractivity contribution in [2.45, 2.75) is 25.4 Å². The van der Waals surface area contributed by atoms with Gasteiger partial charge < -0.3 is 16.0 Å². The number of anilines is 3. The molecule has 1 saturated heterocycles. The first-order chi connectivity index (χ1) is 15.7. The summed E-state index contributed by atoms with van der Waals surface area (Å²) in [6.45, 7) is 2.71. The van der Waals surface area contributed by atoms with Crippen LogP contribution >= 0.6 is 0 Å². The summed E-state index contributed by atoms with van der Waals surface area (Å²) in [4.78, 5) is 27.0. The number of carbonyl (C=O) groups is 2. The molecule has 0 radical (unpaired) electrons. The number of piperidine rings is 1. The van der Waals surface area contributed by atoms with Crippen molar-refractivity contribution in [1.82, 2.24) is 10.2 Å². The number of hydrogen-bond donors (Lipinski definition) is 3. The largest absolute Gasteiger partial charge is 0.356 e. The van der Waals surface area contributed by atoms with Gasteiger partial charge in [0.15, 0.2) is 0 Å². The van der Waals surface area contributed by atoms with Crippen LogP contribution in [0.1, 0.15) is 18.4 Å². The standard InChI is InChI=1S/C26H28N4O2/c31-25(28-23-13-11-22(12-14-23)27-21-9-5-2-6-10-21)26(32)29-24-15-17-30(18-16-24)19-20-7-3-1-4-8-20/h1-14,24,27H,15-19H2,(H,28,31)(H,29,32). The number of benzene rings is 3. The van der Waals surface area contributed by atoms with Crippen LogP contribution in [0.5, 0.6) is 0 Å². The van der Waals surface area contributed by atoms with E-state index in [-0.39, 0.29) is 6.04 Å². The second-order valence-electron chi connectivity index (χ2n) is 8.03.